The molecule has 25 heavy (non-hydrogen) atoms. The third-order valence-corrected chi connectivity index (χ3v) is 4.06. The summed E-state index contributed by atoms with van der Waals surface area (Å²) in [6.45, 7) is 1.06. The quantitative estimate of drug-likeness (QED) is 0.435. The Bertz CT molecular complexity index is 753. The van der Waals surface area contributed by atoms with Crippen LogP contribution in [0, 0.1) is 27.4 Å². The van der Waals surface area contributed by atoms with Crippen LogP contribution in [0.3, 0.4) is 0 Å². The van der Waals surface area contributed by atoms with Gasteiger partial charge in [-0.3, -0.25) is 14.9 Å². The maximum atomic E-state index is 12.0. The molecule has 132 valence electrons. The Morgan fingerprint density at radius 3 is 2.68 bits per heavy atom. The Balaban J connectivity index is 1.98. The van der Waals surface area contributed by atoms with Gasteiger partial charge in [0.05, 0.1) is 16.6 Å². The van der Waals surface area contributed by atoms with Crippen LogP contribution in [0.15, 0.2) is 18.2 Å². The van der Waals surface area contributed by atoms with E-state index in [0.29, 0.717) is 0 Å². The zero-order valence-corrected chi connectivity index (χ0v) is 13.9. The Morgan fingerprint density at radius 2 is 2.16 bits per heavy atom. The van der Waals surface area contributed by atoms with Gasteiger partial charge in [-0.05, 0) is 37.8 Å². The second kappa shape index (κ2) is 7.17. The van der Waals surface area contributed by atoms with Gasteiger partial charge >= 0.3 is 5.97 Å². The average molecular weight is 346 g/mol. The van der Waals surface area contributed by atoms with Gasteiger partial charge in [-0.25, -0.2) is 4.79 Å². The topological polar surface area (TPSA) is 134 Å². The zero-order valence-electron chi connectivity index (χ0n) is 13.9. The number of carbonyl (C=O) groups excluding carboxylic acids is 2. The van der Waals surface area contributed by atoms with Gasteiger partial charge < -0.3 is 15.4 Å². The molecule has 9 heteroatoms. The lowest BCUT2D eigenvalue weighted by Crippen LogP contribution is -2.48. The van der Waals surface area contributed by atoms with Crippen LogP contribution in [0.1, 0.15) is 30.1 Å². The standard InChI is InChI=1S/C16H18N4O5/c1-16(9-17,11-4-5-11)19-14(21)8-25-15(22)10-3-6-12(18-2)13(7-10)20(23)24/h3,6-7,11,18H,4-5,8H2,1-2H3,(H,19,21)/t16-/m0/s1. The molecule has 1 aromatic rings. The molecule has 0 bridgehead atoms. The van der Waals surface area contributed by atoms with E-state index in [1.54, 1.807) is 6.92 Å². The van der Waals surface area contributed by atoms with Crippen molar-refractivity contribution in [3.05, 3.63) is 33.9 Å². The maximum absolute atomic E-state index is 12.0. The molecule has 0 radical (unpaired) electrons. The summed E-state index contributed by atoms with van der Waals surface area (Å²) < 4.78 is 4.89. The SMILES string of the molecule is CNc1ccc(C(=O)OCC(=O)N[C@@](C)(C#N)C2CC2)cc1[N+](=O)[O-]. The van der Waals surface area contributed by atoms with Crippen molar-refractivity contribution in [3.8, 4) is 6.07 Å². The van der Waals surface area contributed by atoms with Gasteiger partial charge in [0, 0.05) is 13.1 Å². The van der Waals surface area contributed by atoms with E-state index >= 15 is 0 Å². The van der Waals surface area contributed by atoms with Crippen molar-refractivity contribution in [2.24, 2.45) is 5.92 Å². The highest BCUT2D eigenvalue weighted by molar-refractivity contribution is 5.93. The van der Waals surface area contributed by atoms with E-state index in [4.69, 9.17) is 4.74 Å². The molecular weight excluding hydrogens is 328 g/mol. The van der Waals surface area contributed by atoms with Gasteiger partial charge in [0.25, 0.3) is 11.6 Å². The molecule has 0 aromatic heterocycles. The van der Waals surface area contributed by atoms with Crippen LogP contribution in [0.4, 0.5) is 11.4 Å². The Morgan fingerprint density at radius 1 is 1.48 bits per heavy atom. The van der Waals surface area contributed by atoms with Crippen molar-refractivity contribution in [2.75, 3.05) is 19.0 Å². The molecule has 1 aromatic carbocycles. The number of amides is 1. The molecule has 1 fully saturated rings. The normalized spacial score (nSPS) is 15.4. The lowest BCUT2D eigenvalue weighted by Gasteiger charge is -2.22. The fourth-order valence-corrected chi connectivity index (χ4v) is 2.44. The average Bonchev–Trinajstić information content (AvgIpc) is 3.44. The molecule has 1 amide bonds. The summed E-state index contributed by atoms with van der Waals surface area (Å²) in [7, 11) is 1.52. The monoisotopic (exact) mass is 346 g/mol. The molecule has 0 heterocycles. The summed E-state index contributed by atoms with van der Waals surface area (Å²) in [5.74, 6) is -1.34. The van der Waals surface area contributed by atoms with E-state index in [1.807, 2.05) is 0 Å². The Labute approximate surface area is 144 Å². The number of benzene rings is 1. The minimum atomic E-state index is -0.975. The number of nitro groups is 1. The summed E-state index contributed by atoms with van der Waals surface area (Å²) in [5, 5.41) is 25.4. The number of rotatable bonds is 7. The summed E-state index contributed by atoms with van der Waals surface area (Å²) in [6.07, 6.45) is 1.73. The molecule has 0 unspecified atom stereocenters. The van der Waals surface area contributed by atoms with Crippen LogP contribution in [0.2, 0.25) is 0 Å². The smallest absolute Gasteiger partial charge is 0.338 e. The second-order valence-corrected chi connectivity index (χ2v) is 5.95. The number of nitriles is 1. The lowest BCUT2D eigenvalue weighted by atomic mass is 9.98. The minimum absolute atomic E-state index is 0.0382. The fourth-order valence-electron chi connectivity index (χ4n) is 2.44. The third-order valence-electron chi connectivity index (χ3n) is 4.06. The first kappa shape index (κ1) is 18.2. The first-order valence-corrected chi connectivity index (χ1v) is 7.66. The van der Waals surface area contributed by atoms with Gasteiger partial charge in [-0.1, -0.05) is 0 Å². The van der Waals surface area contributed by atoms with Crippen LogP contribution in [0.25, 0.3) is 0 Å². The molecule has 9 nitrogen and oxygen atoms in total. The Kier molecular flexibility index (Phi) is 5.22. The number of nitro benzene ring substituents is 1. The number of anilines is 1. The second-order valence-electron chi connectivity index (χ2n) is 5.95. The van der Waals surface area contributed by atoms with Crippen molar-refractivity contribution in [1.29, 1.82) is 5.26 Å². The Hall–Kier alpha value is -3.15. The van der Waals surface area contributed by atoms with E-state index in [9.17, 15) is 25.0 Å². The summed E-state index contributed by atoms with van der Waals surface area (Å²) in [4.78, 5) is 34.3. The largest absolute Gasteiger partial charge is 0.452 e. The number of carbonyl (C=O) groups is 2. The van der Waals surface area contributed by atoms with E-state index < -0.39 is 28.9 Å². The predicted molar refractivity (Wildman–Crippen MR) is 87.8 cm³/mol. The molecule has 1 saturated carbocycles. The number of hydrogen-bond acceptors (Lipinski definition) is 7. The molecule has 0 saturated heterocycles. The van der Waals surface area contributed by atoms with Crippen LogP contribution in [-0.2, 0) is 9.53 Å². The zero-order chi connectivity index (χ0) is 18.6. The molecule has 1 aliphatic carbocycles. The number of nitrogens with zero attached hydrogens (tertiary/aromatic N) is 2. The van der Waals surface area contributed by atoms with Crippen LogP contribution in [0.5, 0.6) is 0 Å². The predicted octanol–water partition coefficient (Wildman–Crippen LogP) is 1.60. The first-order valence-electron chi connectivity index (χ1n) is 7.66. The van der Waals surface area contributed by atoms with Crippen molar-refractivity contribution >= 4 is 23.3 Å². The summed E-state index contributed by atoms with van der Waals surface area (Å²) in [6, 6.07) is 5.90. The van der Waals surface area contributed by atoms with Gasteiger partial charge in [0.2, 0.25) is 0 Å². The number of ether oxygens (including phenoxy) is 1. The van der Waals surface area contributed by atoms with Crippen molar-refractivity contribution in [3.63, 3.8) is 0 Å². The summed E-state index contributed by atoms with van der Waals surface area (Å²) in [5.41, 5.74) is -1.03. The van der Waals surface area contributed by atoms with Crippen molar-refractivity contribution in [1.82, 2.24) is 5.32 Å². The molecule has 1 atom stereocenters. The maximum Gasteiger partial charge on any atom is 0.338 e. The molecule has 2 N–H and O–H groups in total. The van der Waals surface area contributed by atoms with Crippen LogP contribution >= 0.6 is 0 Å². The van der Waals surface area contributed by atoms with E-state index in [2.05, 4.69) is 16.7 Å². The highest BCUT2D eigenvalue weighted by Crippen LogP contribution is 2.39. The number of esters is 1. The van der Waals surface area contributed by atoms with E-state index in [0.717, 1.165) is 18.9 Å². The molecule has 1 aliphatic rings. The first-order chi connectivity index (χ1) is 11.8. The van der Waals surface area contributed by atoms with E-state index in [1.165, 1.54) is 19.2 Å². The van der Waals surface area contributed by atoms with Gasteiger partial charge in [0.15, 0.2) is 6.61 Å². The molecular formula is C16H18N4O5. The highest BCUT2D eigenvalue weighted by atomic mass is 16.6. The van der Waals surface area contributed by atoms with Gasteiger partial charge in [-0.15, -0.1) is 0 Å². The lowest BCUT2D eigenvalue weighted by molar-refractivity contribution is -0.384. The molecule has 2 rings (SSSR count). The summed E-state index contributed by atoms with van der Waals surface area (Å²) >= 11 is 0. The van der Waals surface area contributed by atoms with Gasteiger partial charge in [-0.2, -0.15) is 5.26 Å². The molecule has 0 aliphatic heterocycles. The number of nitrogens with one attached hydrogen (secondary N) is 2. The highest BCUT2D eigenvalue weighted by Gasteiger charge is 2.43. The minimum Gasteiger partial charge on any atom is -0.452 e. The van der Waals surface area contributed by atoms with Crippen LogP contribution in [-0.4, -0.2) is 36.0 Å². The van der Waals surface area contributed by atoms with Gasteiger partial charge in [0.1, 0.15) is 11.2 Å². The third kappa shape index (κ3) is 4.23. The molecule has 0 spiro atoms. The van der Waals surface area contributed by atoms with Crippen LogP contribution < -0.4 is 10.6 Å². The van der Waals surface area contributed by atoms with Crippen molar-refractivity contribution in [2.45, 2.75) is 25.3 Å². The van der Waals surface area contributed by atoms with E-state index in [-0.39, 0.29) is 22.9 Å². The van der Waals surface area contributed by atoms with Crippen molar-refractivity contribution < 1.29 is 19.2 Å². The number of hydrogen-bond donors (Lipinski definition) is 2. The fraction of sp³-hybridized carbons (Fsp3) is 0.438.